The monoisotopic (exact) mass is 180 g/mol. The standard InChI is InChI=1S/C2H2O4.5H2O/c3-1(4)2(5)6;;;;;/h(H,3,4)(H,5,6);5*1H2. The number of carbonyl (C=O) groups is 2. The third-order valence-corrected chi connectivity index (χ3v) is 0.183. The Balaban J connectivity index is -0.0000000125. The number of hydrogen-bond donors (Lipinski definition) is 2. The number of aliphatic carboxylic acids is 2. The van der Waals surface area contributed by atoms with E-state index in [1.165, 1.54) is 0 Å². The Kier molecular flexibility index (Phi) is 113. The maximum atomic E-state index is 9.10. The Hall–Kier alpha value is -1.26. The van der Waals surface area contributed by atoms with Gasteiger partial charge in [0.2, 0.25) is 0 Å². The van der Waals surface area contributed by atoms with Crippen molar-refractivity contribution in [2.75, 3.05) is 0 Å². The van der Waals surface area contributed by atoms with E-state index in [4.69, 9.17) is 19.8 Å². The van der Waals surface area contributed by atoms with Gasteiger partial charge in [-0.3, -0.25) is 0 Å². The van der Waals surface area contributed by atoms with E-state index >= 15 is 0 Å². The molecular weight excluding hydrogens is 168 g/mol. The highest BCUT2D eigenvalue weighted by atomic mass is 16.4. The highest BCUT2D eigenvalue weighted by Gasteiger charge is 2.04. The van der Waals surface area contributed by atoms with Crippen molar-refractivity contribution in [3.63, 3.8) is 0 Å². The highest BCUT2D eigenvalue weighted by molar-refractivity contribution is 6.27. The zero-order valence-electron chi connectivity index (χ0n) is 5.21. The van der Waals surface area contributed by atoms with Gasteiger partial charge in [-0.1, -0.05) is 0 Å². The second kappa shape index (κ2) is 23.3. The lowest BCUT2D eigenvalue weighted by Crippen LogP contribution is -2.09. The van der Waals surface area contributed by atoms with Crippen molar-refractivity contribution >= 4 is 11.9 Å². The Morgan fingerprint density at radius 3 is 0.727 bits per heavy atom. The predicted octanol–water partition coefficient (Wildman–Crippen LogP) is -4.97. The van der Waals surface area contributed by atoms with Gasteiger partial charge in [-0.25, -0.2) is 9.59 Å². The number of carboxylic acid groups (broad SMARTS) is 2. The first-order valence-electron chi connectivity index (χ1n) is 1.11. The van der Waals surface area contributed by atoms with Crippen LogP contribution in [0.4, 0.5) is 0 Å². The Bertz CT molecular complexity index is 73.6. The van der Waals surface area contributed by atoms with E-state index in [1.807, 2.05) is 0 Å². The number of rotatable bonds is 0. The molecule has 0 unspecified atom stereocenters. The fraction of sp³-hybridized carbons (Fsp3) is 0. The van der Waals surface area contributed by atoms with E-state index in [-0.39, 0.29) is 27.4 Å². The van der Waals surface area contributed by atoms with Gasteiger partial charge in [0.15, 0.2) is 0 Å². The molecule has 0 saturated carbocycles. The molecular formula is C2H12O9. The van der Waals surface area contributed by atoms with Gasteiger partial charge in [-0.2, -0.15) is 0 Å². The summed E-state index contributed by atoms with van der Waals surface area (Å²) in [5, 5.41) is 14.8. The summed E-state index contributed by atoms with van der Waals surface area (Å²) in [4.78, 5) is 18.2. The van der Waals surface area contributed by atoms with Crippen molar-refractivity contribution in [3.8, 4) is 0 Å². The van der Waals surface area contributed by atoms with E-state index < -0.39 is 11.9 Å². The molecule has 0 atom stereocenters. The van der Waals surface area contributed by atoms with E-state index in [1.54, 1.807) is 0 Å². The maximum absolute atomic E-state index is 9.10. The molecule has 0 saturated heterocycles. The van der Waals surface area contributed by atoms with Crippen molar-refractivity contribution in [3.05, 3.63) is 0 Å². The van der Waals surface area contributed by atoms with Gasteiger partial charge in [0.1, 0.15) is 0 Å². The van der Waals surface area contributed by atoms with Gasteiger partial charge in [0.05, 0.1) is 0 Å². The summed E-state index contributed by atoms with van der Waals surface area (Å²) in [5.41, 5.74) is 0. The number of carboxylic acids is 2. The minimum atomic E-state index is -1.82. The Morgan fingerprint density at radius 1 is 0.636 bits per heavy atom. The van der Waals surface area contributed by atoms with E-state index in [0.29, 0.717) is 0 Å². The topological polar surface area (TPSA) is 232 Å². The Morgan fingerprint density at radius 2 is 0.727 bits per heavy atom. The van der Waals surface area contributed by atoms with Crippen LogP contribution < -0.4 is 0 Å². The lowest BCUT2D eigenvalue weighted by Gasteiger charge is -1.72. The molecule has 0 aliphatic rings. The molecule has 9 heteroatoms. The van der Waals surface area contributed by atoms with Crippen molar-refractivity contribution in [1.82, 2.24) is 0 Å². The largest absolute Gasteiger partial charge is 0.473 e. The highest BCUT2D eigenvalue weighted by Crippen LogP contribution is 1.56. The second-order valence-electron chi connectivity index (χ2n) is 0.610. The smallest absolute Gasteiger partial charge is 0.414 e. The average molecular weight is 180 g/mol. The van der Waals surface area contributed by atoms with Crippen LogP contribution in [0.5, 0.6) is 0 Å². The van der Waals surface area contributed by atoms with Crippen molar-refractivity contribution < 1.29 is 47.2 Å². The Labute approximate surface area is 60.4 Å². The summed E-state index contributed by atoms with van der Waals surface area (Å²) in [7, 11) is 0. The van der Waals surface area contributed by atoms with Crippen LogP contribution in [0.1, 0.15) is 0 Å². The summed E-state index contributed by atoms with van der Waals surface area (Å²) in [6, 6.07) is 0. The summed E-state index contributed by atoms with van der Waals surface area (Å²) in [6.45, 7) is 0. The molecule has 0 aromatic carbocycles. The van der Waals surface area contributed by atoms with Gasteiger partial charge < -0.3 is 37.6 Å². The molecule has 0 aliphatic heterocycles. The van der Waals surface area contributed by atoms with Crippen LogP contribution in [0.3, 0.4) is 0 Å². The van der Waals surface area contributed by atoms with Gasteiger partial charge in [0.25, 0.3) is 0 Å². The number of hydrogen-bond acceptors (Lipinski definition) is 2. The van der Waals surface area contributed by atoms with Crippen molar-refractivity contribution in [2.45, 2.75) is 0 Å². The molecule has 0 bridgehead atoms. The molecule has 0 aromatic rings. The molecule has 0 spiro atoms. The normalized spacial score (nSPS) is 4.00. The van der Waals surface area contributed by atoms with E-state index in [0.717, 1.165) is 0 Å². The predicted molar refractivity (Wildman–Crippen MR) is 33.3 cm³/mol. The third kappa shape index (κ3) is 52.9. The molecule has 0 heterocycles. The molecule has 12 N–H and O–H groups in total. The zero-order valence-corrected chi connectivity index (χ0v) is 5.21. The van der Waals surface area contributed by atoms with Crippen LogP contribution in [0.25, 0.3) is 0 Å². The van der Waals surface area contributed by atoms with E-state index in [9.17, 15) is 0 Å². The quantitative estimate of drug-likeness (QED) is 0.348. The third-order valence-electron chi connectivity index (χ3n) is 0.183. The van der Waals surface area contributed by atoms with Gasteiger partial charge in [0, 0.05) is 0 Å². The molecule has 74 valence electrons. The van der Waals surface area contributed by atoms with Crippen LogP contribution in [0.15, 0.2) is 0 Å². The second-order valence-corrected chi connectivity index (χ2v) is 0.610. The molecule has 11 heavy (non-hydrogen) atoms. The summed E-state index contributed by atoms with van der Waals surface area (Å²) in [5.74, 6) is -3.65. The van der Waals surface area contributed by atoms with Crippen molar-refractivity contribution in [1.29, 1.82) is 0 Å². The summed E-state index contributed by atoms with van der Waals surface area (Å²) >= 11 is 0. The minimum Gasteiger partial charge on any atom is -0.473 e. The molecule has 0 fully saturated rings. The molecule has 9 nitrogen and oxygen atoms in total. The molecule has 0 aromatic heterocycles. The molecule has 0 aliphatic carbocycles. The molecule has 0 rings (SSSR count). The van der Waals surface area contributed by atoms with Crippen LogP contribution in [0, 0.1) is 0 Å². The summed E-state index contributed by atoms with van der Waals surface area (Å²) in [6.07, 6.45) is 0. The maximum Gasteiger partial charge on any atom is 0.414 e. The van der Waals surface area contributed by atoms with Crippen LogP contribution >= 0.6 is 0 Å². The minimum absolute atomic E-state index is 0. The SMILES string of the molecule is O.O.O.O.O.O=C(O)C(=O)O. The average Bonchev–Trinajstić information content (AvgIpc) is 1.36. The summed E-state index contributed by atoms with van der Waals surface area (Å²) < 4.78 is 0. The van der Waals surface area contributed by atoms with Gasteiger partial charge >= 0.3 is 11.9 Å². The van der Waals surface area contributed by atoms with Crippen LogP contribution in [-0.4, -0.2) is 49.5 Å². The van der Waals surface area contributed by atoms with Gasteiger partial charge in [-0.05, 0) is 0 Å². The lowest BCUT2D eigenvalue weighted by molar-refractivity contribution is -0.159. The molecule has 0 amide bonds. The van der Waals surface area contributed by atoms with Gasteiger partial charge in [-0.15, -0.1) is 0 Å². The van der Waals surface area contributed by atoms with Crippen molar-refractivity contribution in [2.24, 2.45) is 0 Å². The fourth-order valence-corrected chi connectivity index (χ4v) is 0. The van der Waals surface area contributed by atoms with E-state index in [2.05, 4.69) is 0 Å². The van der Waals surface area contributed by atoms with Crippen LogP contribution in [-0.2, 0) is 9.59 Å². The fourth-order valence-electron chi connectivity index (χ4n) is 0. The first-order valence-corrected chi connectivity index (χ1v) is 1.11. The lowest BCUT2D eigenvalue weighted by atomic mass is 10.7. The molecule has 0 radical (unpaired) electrons. The first kappa shape index (κ1) is 53.2. The first-order chi connectivity index (χ1) is 2.64. The van der Waals surface area contributed by atoms with Crippen LogP contribution in [0.2, 0.25) is 0 Å². The zero-order chi connectivity index (χ0) is 5.15.